The minimum Gasteiger partial charge on any atom is -0.381 e. The van der Waals surface area contributed by atoms with Gasteiger partial charge in [0.25, 0.3) is 0 Å². The fraction of sp³-hybridized carbons (Fsp3) is 1.00. The number of likely N-dealkylation sites (tertiary alicyclic amines) is 1. The molecule has 0 aromatic heterocycles. The Morgan fingerprint density at radius 3 is 2.52 bits per heavy atom. The van der Waals surface area contributed by atoms with Gasteiger partial charge in [-0.2, -0.15) is 0 Å². The van der Waals surface area contributed by atoms with E-state index in [1.807, 2.05) is 0 Å². The summed E-state index contributed by atoms with van der Waals surface area (Å²) in [4.78, 5) is 5.10. The summed E-state index contributed by atoms with van der Waals surface area (Å²) in [5.41, 5.74) is 0.422. The van der Waals surface area contributed by atoms with Gasteiger partial charge in [-0.15, -0.1) is 0 Å². The molecular weight excluding hydrogens is 262 g/mol. The first kappa shape index (κ1) is 17.2. The van der Waals surface area contributed by atoms with Crippen LogP contribution in [0, 0.1) is 5.41 Å². The lowest BCUT2D eigenvalue weighted by Crippen LogP contribution is -2.50. The highest BCUT2D eigenvalue weighted by Gasteiger charge is 2.35. The Morgan fingerprint density at radius 2 is 1.90 bits per heavy atom. The molecule has 2 aliphatic rings. The summed E-state index contributed by atoms with van der Waals surface area (Å²) in [6.45, 7) is 10.1. The number of rotatable bonds is 7. The van der Waals surface area contributed by atoms with Gasteiger partial charge in [0, 0.05) is 32.3 Å². The standard InChI is InChI=1S/C17H35N3O/c1-4-9-18-14-17(7-12-21-13-8-17)15-20(3)16-5-10-19(2)11-6-16/h16,18H,4-15H2,1-3H3. The van der Waals surface area contributed by atoms with Crippen LogP contribution in [0.25, 0.3) is 0 Å². The lowest BCUT2D eigenvalue weighted by Gasteiger charge is -2.44. The molecule has 2 heterocycles. The Kier molecular flexibility index (Phi) is 6.93. The van der Waals surface area contributed by atoms with Gasteiger partial charge in [-0.25, -0.2) is 0 Å². The van der Waals surface area contributed by atoms with Crippen LogP contribution in [-0.2, 0) is 4.74 Å². The Hall–Kier alpha value is -0.160. The molecule has 2 rings (SSSR count). The van der Waals surface area contributed by atoms with Crippen molar-refractivity contribution in [2.24, 2.45) is 5.41 Å². The highest BCUT2D eigenvalue weighted by Crippen LogP contribution is 2.32. The molecule has 0 saturated carbocycles. The third-order valence-electron chi connectivity index (χ3n) is 5.38. The van der Waals surface area contributed by atoms with E-state index >= 15 is 0 Å². The molecule has 2 saturated heterocycles. The highest BCUT2D eigenvalue weighted by atomic mass is 16.5. The fourth-order valence-corrected chi connectivity index (χ4v) is 3.82. The number of nitrogens with one attached hydrogen (secondary N) is 1. The maximum absolute atomic E-state index is 5.62. The molecule has 0 radical (unpaired) electrons. The monoisotopic (exact) mass is 297 g/mol. The molecule has 0 amide bonds. The van der Waals surface area contributed by atoms with Gasteiger partial charge in [0.05, 0.1) is 0 Å². The van der Waals surface area contributed by atoms with Gasteiger partial charge in [0.15, 0.2) is 0 Å². The van der Waals surface area contributed by atoms with Crippen LogP contribution < -0.4 is 5.32 Å². The predicted molar refractivity (Wildman–Crippen MR) is 88.8 cm³/mol. The second kappa shape index (κ2) is 8.47. The van der Waals surface area contributed by atoms with Crippen molar-refractivity contribution in [1.29, 1.82) is 0 Å². The summed E-state index contributed by atoms with van der Waals surface area (Å²) in [6, 6.07) is 0.770. The van der Waals surface area contributed by atoms with E-state index in [1.54, 1.807) is 0 Å². The Bertz CT molecular complexity index is 284. The number of hydrogen-bond donors (Lipinski definition) is 1. The van der Waals surface area contributed by atoms with Crippen LogP contribution in [0.5, 0.6) is 0 Å². The van der Waals surface area contributed by atoms with E-state index in [2.05, 4.69) is 36.1 Å². The zero-order chi connectivity index (χ0) is 15.1. The van der Waals surface area contributed by atoms with Gasteiger partial charge in [0.1, 0.15) is 0 Å². The molecule has 21 heavy (non-hydrogen) atoms. The van der Waals surface area contributed by atoms with Crippen molar-refractivity contribution in [1.82, 2.24) is 15.1 Å². The second-order valence-corrected chi connectivity index (χ2v) is 7.24. The average Bonchev–Trinajstić information content (AvgIpc) is 2.49. The molecule has 0 aliphatic carbocycles. The van der Waals surface area contributed by atoms with Crippen molar-refractivity contribution in [2.45, 2.75) is 45.1 Å². The SMILES string of the molecule is CCCNCC1(CN(C)C2CCN(C)CC2)CCOCC1. The highest BCUT2D eigenvalue weighted by molar-refractivity contribution is 4.89. The van der Waals surface area contributed by atoms with E-state index in [9.17, 15) is 0 Å². The van der Waals surface area contributed by atoms with Crippen molar-refractivity contribution in [3.05, 3.63) is 0 Å². The first-order valence-electron chi connectivity index (χ1n) is 8.82. The van der Waals surface area contributed by atoms with Crippen molar-refractivity contribution in [2.75, 3.05) is 60.0 Å². The molecular formula is C17H35N3O. The third kappa shape index (κ3) is 5.20. The van der Waals surface area contributed by atoms with Crippen LogP contribution in [-0.4, -0.2) is 75.9 Å². The maximum Gasteiger partial charge on any atom is 0.0472 e. The van der Waals surface area contributed by atoms with Crippen LogP contribution >= 0.6 is 0 Å². The lowest BCUT2D eigenvalue weighted by molar-refractivity contribution is -0.0110. The Balaban J connectivity index is 1.87. The van der Waals surface area contributed by atoms with Crippen LogP contribution in [0.15, 0.2) is 0 Å². The molecule has 1 N–H and O–H groups in total. The topological polar surface area (TPSA) is 27.7 Å². The molecule has 124 valence electrons. The molecule has 0 aromatic rings. The van der Waals surface area contributed by atoms with Crippen LogP contribution in [0.3, 0.4) is 0 Å². The summed E-state index contributed by atoms with van der Waals surface area (Å²) in [5.74, 6) is 0. The third-order valence-corrected chi connectivity index (χ3v) is 5.38. The van der Waals surface area contributed by atoms with Gasteiger partial charge in [0.2, 0.25) is 0 Å². The quantitative estimate of drug-likeness (QED) is 0.725. The van der Waals surface area contributed by atoms with Crippen molar-refractivity contribution >= 4 is 0 Å². The molecule has 0 bridgehead atoms. The zero-order valence-electron chi connectivity index (χ0n) is 14.4. The molecule has 0 atom stereocenters. The molecule has 4 nitrogen and oxygen atoms in total. The molecule has 0 spiro atoms. The number of ether oxygens (including phenoxy) is 1. The summed E-state index contributed by atoms with van der Waals surface area (Å²) in [7, 11) is 4.58. The van der Waals surface area contributed by atoms with Crippen LogP contribution in [0.4, 0.5) is 0 Å². The molecule has 4 heteroatoms. The summed E-state index contributed by atoms with van der Waals surface area (Å²) in [6.07, 6.45) is 6.28. The molecule has 2 aliphatic heterocycles. The first-order chi connectivity index (χ1) is 10.2. The predicted octanol–water partition coefficient (Wildman–Crippen LogP) is 1.81. The number of nitrogens with zero attached hydrogens (tertiary/aromatic N) is 2. The Labute approximate surface area is 131 Å². The Morgan fingerprint density at radius 1 is 1.24 bits per heavy atom. The van der Waals surface area contributed by atoms with Crippen molar-refractivity contribution in [3.8, 4) is 0 Å². The summed E-state index contributed by atoms with van der Waals surface area (Å²) >= 11 is 0. The van der Waals surface area contributed by atoms with E-state index in [0.717, 1.165) is 32.3 Å². The fourth-order valence-electron chi connectivity index (χ4n) is 3.82. The average molecular weight is 297 g/mol. The molecule has 0 unspecified atom stereocenters. The first-order valence-corrected chi connectivity index (χ1v) is 8.82. The van der Waals surface area contributed by atoms with Gasteiger partial charge in [-0.05, 0) is 71.2 Å². The molecule has 0 aromatic carbocycles. The van der Waals surface area contributed by atoms with Crippen molar-refractivity contribution in [3.63, 3.8) is 0 Å². The number of piperidine rings is 1. The zero-order valence-corrected chi connectivity index (χ0v) is 14.4. The van der Waals surface area contributed by atoms with Crippen LogP contribution in [0.1, 0.15) is 39.0 Å². The van der Waals surface area contributed by atoms with Gasteiger partial charge in [-0.3, -0.25) is 0 Å². The number of hydrogen-bond acceptors (Lipinski definition) is 4. The van der Waals surface area contributed by atoms with Gasteiger partial charge < -0.3 is 19.9 Å². The minimum atomic E-state index is 0.422. The lowest BCUT2D eigenvalue weighted by atomic mass is 9.79. The smallest absolute Gasteiger partial charge is 0.0472 e. The van der Waals surface area contributed by atoms with E-state index in [1.165, 1.54) is 51.7 Å². The van der Waals surface area contributed by atoms with E-state index in [-0.39, 0.29) is 0 Å². The van der Waals surface area contributed by atoms with E-state index in [4.69, 9.17) is 4.74 Å². The summed E-state index contributed by atoms with van der Waals surface area (Å²) in [5, 5.41) is 3.67. The van der Waals surface area contributed by atoms with Crippen molar-refractivity contribution < 1.29 is 4.74 Å². The van der Waals surface area contributed by atoms with E-state index < -0.39 is 0 Å². The minimum absolute atomic E-state index is 0.422. The van der Waals surface area contributed by atoms with Gasteiger partial charge in [-0.1, -0.05) is 6.92 Å². The molecule has 2 fully saturated rings. The van der Waals surface area contributed by atoms with Crippen LogP contribution in [0.2, 0.25) is 0 Å². The second-order valence-electron chi connectivity index (χ2n) is 7.24. The van der Waals surface area contributed by atoms with Gasteiger partial charge >= 0.3 is 0 Å². The maximum atomic E-state index is 5.62. The normalized spacial score (nSPS) is 24.6. The summed E-state index contributed by atoms with van der Waals surface area (Å²) < 4.78 is 5.62. The van der Waals surface area contributed by atoms with E-state index in [0.29, 0.717) is 5.41 Å². The largest absolute Gasteiger partial charge is 0.381 e.